The second kappa shape index (κ2) is 6.88. The van der Waals surface area contributed by atoms with E-state index >= 15 is 0 Å². The maximum Gasteiger partial charge on any atom is 0.0107 e. The van der Waals surface area contributed by atoms with Crippen LogP contribution in [0.5, 0.6) is 0 Å². The summed E-state index contributed by atoms with van der Waals surface area (Å²) in [6.07, 6.45) is 8.94. The smallest absolute Gasteiger partial charge is 0.0107 e. The number of hydrogen-bond donors (Lipinski definition) is 1. The minimum absolute atomic E-state index is 0.773. The van der Waals surface area contributed by atoms with Crippen LogP contribution in [0.2, 0.25) is 0 Å². The number of nitrogens with zero attached hydrogens (tertiary/aromatic N) is 2. The van der Waals surface area contributed by atoms with Gasteiger partial charge in [-0.3, -0.25) is 0 Å². The molecule has 0 amide bonds. The Morgan fingerprint density at radius 3 is 2.28 bits per heavy atom. The summed E-state index contributed by atoms with van der Waals surface area (Å²) in [5.41, 5.74) is 0.773. The van der Waals surface area contributed by atoms with E-state index in [2.05, 4.69) is 29.2 Å². The summed E-state index contributed by atoms with van der Waals surface area (Å²) in [5, 5.41) is 3.54. The summed E-state index contributed by atoms with van der Waals surface area (Å²) in [6.45, 7) is 7.34. The van der Waals surface area contributed by atoms with E-state index in [-0.39, 0.29) is 0 Å². The average molecular weight is 253 g/mol. The van der Waals surface area contributed by atoms with Crippen molar-refractivity contribution in [2.45, 2.75) is 38.5 Å². The quantitative estimate of drug-likeness (QED) is 0.728. The highest BCUT2D eigenvalue weighted by molar-refractivity contribution is 4.89. The fourth-order valence-electron chi connectivity index (χ4n) is 3.54. The molecule has 1 N–H and O–H groups in total. The molecule has 0 bridgehead atoms. The number of likely N-dealkylation sites (tertiary alicyclic amines) is 1. The molecule has 2 rings (SSSR count). The SMILES string of the molecule is CN(C)CCNCCN1CCC2(CCCC2)CC1. The van der Waals surface area contributed by atoms with Crippen molar-refractivity contribution >= 4 is 0 Å². The highest BCUT2D eigenvalue weighted by Gasteiger charge is 2.36. The Morgan fingerprint density at radius 2 is 1.67 bits per heavy atom. The Kier molecular flexibility index (Phi) is 5.46. The lowest BCUT2D eigenvalue weighted by Crippen LogP contribution is -2.42. The second-order valence-electron chi connectivity index (χ2n) is 6.60. The molecule has 3 heteroatoms. The summed E-state index contributed by atoms with van der Waals surface area (Å²) in [7, 11) is 4.26. The van der Waals surface area contributed by atoms with Gasteiger partial charge in [0, 0.05) is 26.2 Å². The van der Waals surface area contributed by atoms with E-state index in [1.165, 1.54) is 58.2 Å². The molecule has 1 spiro atoms. The van der Waals surface area contributed by atoms with Gasteiger partial charge < -0.3 is 15.1 Å². The molecule has 106 valence electrons. The minimum Gasteiger partial charge on any atom is -0.314 e. The predicted molar refractivity (Wildman–Crippen MR) is 78.0 cm³/mol. The number of rotatable bonds is 6. The third-order valence-electron chi connectivity index (χ3n) is 4.92. The first kappa shape index (κ1) is 14.3. The van der Waals surface area contributed by atoms with E-state index in [9.17, 15) is 0 Å². The number of nitrogens with one attached hydrogen (secondary N) is 1. The van der Waals surface area contributed by atoms with Crippen LogP contribution < -0.4 is 5.32 Å². The Balaban J connectivity index is 1.54. The molecule has 1 saturated carbocycles. The Bertz CT molecular complexity index is 224. The molecule has 0 aromatic heterocycles. The molecule has 18 heavy (non-hydrogen) atoms. The Hall–Kier alpha value is -0.120. The van der Waals surface area contributed by atoms with Gasteiger partial charge in [0.15, 0.2) is 0 Å². The van der Waals surface area contributed by atoms with Crippen molar-refractivity contribution in [3.8, 4) is 0 Å². The van der Waals surface area contributed by atoms with Gasteiger partial charge >= 0.3 is 0 Å². The standard InChI is InChI=1S/C15H31N3/c1-17(2)13-9-16-10-14-18-11-7-15(8-12-18)5-3-4-6-15/h16H,3-14H2,1-2H3. The highest BCUT2D eigenvalue weighted by atomic mass is 15.1. The van der Waals surface area contributed by atoms with Crippen LogP contribution in [0.4, 0.5) is 0 Å². The summed E-state index contributed by atoms with van der Waals surface area (Å²) in [4.78, 5) is 4.89. The van der Waals surface area contributed by atoms with Crippen LogP contribution in [0.3, 0.4) is 0 Å². The topological polar surface area (TPSA) is 18.5 Å². The van der Waals surface area contributed by atoms with Crippen LogP contribution in [0.25, 0.3) is 0 Å². The fourth-order valence-corrected chi connectivity index (χ4v) is 3.54. The zero-order chi connectivity index (χ0) is 12.8. The molecule has 0 aromatic carbocycles. The Labute approximate surface area is 113 Å². The van der Waals surface area contributed by atoms with Crippen molar-refractivity contribution in [1.82, 2.24) is 15.1 Å². The van der Waals surface area contributed by atoms with E-state index in [1.807, 2.05) is 0 Å². The zero-order valence-corrected chi connectivity index (χ0v) is 12.4. The summed E-state index contributed by atoms with van der Waals surface area (Å²) < 4.78 is 0. The molecular formula is C15H31N3. The molecule has 1 saturated heterocycles. The molecule has 0 atom stereocenters. The van der Waals surface area contributed by atoms with Crippen molar-refractivity contribution in [2.24, 2.45) is 5.41 Å². The predicted octanol–water partition coefficient (Wildman–Crippen LogP) is 1.79. The summed E-state index contributed by atoms with van der Waals surface area (Å²) in [6, 6.07) is 0. The van der Waals surface area contributed by atoms with Gasteiger partial charge in [-0.1, -0.05) is 12.8 Å². The van der Waals surface area contributed by atoms with Crippen LogP contribution in [0.15, 0.2) is 0 Å². The number of hydrogen-bond acceptors (Lipinski definition) is 3. The van der Waals surface area contributed by atoms with Gasteiger partial charge in [-0.25, -0.2) is 0 Å². The van der Waals surface area contributed by atoms with Crippen LogP contribution in [-0.4, -0.2) is 63.2 Å². The van der Waals surface area contributed by atoms with Crippen molar-refractivity contribution in [2.75, 3.05) is 53.4 Å². The largest absolute Gasteiger partial charge is 0.314 e. The fraction of sp³-hybridized carbons (Fsp3) is 1.00. The van der Waals surface area contributed by atoms with Crippen molar-refractivity contribution in [1.29, 1.82) is 0 Å². The summed E-state index contributed by atoms with van der Waals surface area (Å²) in [5.74, 6) is 0. The van der Waals surface area contributed by atoms with Gasteiger partial charge in [-0.05, 0) is 58.3 Å². The van der Waals surface area contributed by atoms with Gasteiger partial charge in [0.2, 0.25) is 0 Å². The van der Waals surface area contributed by atoms with E-state index in [1.54, 1.807) is 0 Å². The first-order chi connectivity index (χ1) is 8.70. The molecule has 1 aliphatic carbocycles. The molecule has 0 aromatic rings. The monoisotopic (exact) mass is 253 g/mol. The van der Waals surface area contributed by atoms with Gasteiger partial charge in [0.1, 0.15) is 0 Å². The van der Waals surface area contributed by atoms with E-state index in [0.29, 0.717) is 0 Å². The number of piperidine rings is 1. The van der Waals surface area contributed by atoms with Gasteiger partial charge in [0.25, 0.3) is 0 Å². The maximum atomic E-state index is 3.54. The molecular weight excluding hydrogens is 222 g/mol. The second-order valence-corrected chi connectivity index (χ2v) is 6.60. The van der Waals surface area contributed by atoms with Crippen molar-refractivity contribution < 1.29 is 0 Å². The molecule has 1 aliphatic heterocycles. The van der Waals surface area contributed by atoms with Crippen LogP contribution in [0, 0.1) is 5.41 Å². The summed E-state index contributed by atoms with van der Waals surface area (Å²) >= 11 is 0. The maximum absolute atomic E-state index is 3.54. The van der Waals surface area contributed by atoms with Crippen LogP contribution >= 0.6 is 0 Å². The molecule has 3 nitrogen and oxygen atoms in total. The van der Waals surface area contributed by atoms with E-state index in [4.69, 9.17) is 0 Å². The minimum atomic E-state index is 0.773. The third kappa shape index (κ3) is 4.22. The van der Waals surface area contributed by atoms with Crippen molar-refractivity contribution in [3.63, 3.8) is 0 Å². The molecule has 0 unspecified atom stereocenters. The molecule has 2 aliphatic rings. The molecule has 0 radical (unpaired) electrons. The van der Waals surface area contributed by atoms with Crippen LogP contribution in [0.1, 0.15) is 38.5 Å². The zero-order valence-electron chi connectivity index (χ0n) is 12.4. The van der Waals surface area contributed by atoms with Crippen molar-refractivity contribution in [3.05, 3.63) is 0 Å². The van der Waals surface area contributed by atoms with E-state index < -0.39 is 0 Å². The normalized spacial score (nSPS) is 24.2. The lowest BCUT2D eigenvalue weighted by Gasteiger charge is -2.39. The molecule has 2 fully saturated rings. The third-order valence-corrected chi connectivity index (χ3v) is 4.92. The first-order valence-electron chi connectivity index (χ1n) is 7.78. The highest BCUT2D eigenvalue weighted by Crippen LogP contribution is 2.45. The van der Waals surface area contributed by atoms with Gasteiger partial charge in [-0.2, -0.15) is 0 Å². The molecule has 1 heterocycles. The lowest BCUT2D eigenvalue weighted by molar-refractivity contribution is 0.109. The number of likely N-dealkylation sites (N-methyl/N-ethyl adjacent to an activating group) is 1. The average Bonchev–Trinajstić information content (AvgIpc) is 2.80. The first-order valence-corrected chi connectivity index (χ1v) is 7.78. The van der Waals surface area contributed by atoms with E-state index in [0.717, 1.165) is 25.0 Å². The van der Waals surface area contributed by atoms with Gasteiger partial charge in [0.05, 0.1) is 0 Å². The van der Waals surface area contributed by atoms with Crippen LogP contribution in [-0.2, 0) is 0 Å². The van der Waals surface area contributed by atoms with Gasteiger partial charge in [-0.15, -0.1) is 0 Å². The Morgan fingerprint density at radius 1 is 1.00 bits per heavy atom. The lowest BCUT2D eigenvalue weighted by atomic mass is 9.77.